The molecule has 0 aliphatic heterocycles. The fourth-order valence-corrected chi connectivity index (χ4v) is 1.57. The second-order valence-electron chi connectivity index (χ2n) is 3.54. The minimum absolute atomic E-state index is 0.734. The maximum Gasteiger partial charge on any atom is 0.113 e. The first-order valence-electron chi connectivity index (χ1n) is 5.39. The summed E-state index contributed by atoms with van der Waals surface area (Å²) in [5.41, 5.74) is 2.02. The number of rotatable bonds is 6. The van der Waals surface area contributed by atoms with Crippen molar-refractivity contribution in [2.75, 3.05) is 26.8 Å². The van der Waals surface area contributed by atoms with Crippen LogP contribution in [0.15, 0.2) is 24.3 Å². The van der Waals surface area contributed by atoms with Crippen LogP contribution in [-0.2, 0) is 11.3 Å². The summed E-state index contributed by atoms with van der Waals surface area (Å²) in [5, 5.41) is 11.5. The molecule has 1 heterocycles. The summed E-state index contributed by atoms with van der Waals surface area (Å²) in [6.07, 6.45) is 0. The molecule has 1 aromatic heterocycles. The predicted molar refractivity (Wildman–Crippen MR) is 62.3 cm³/mol. The highest BCUT2D eigenvalue weighted by Crippen LogP contribution is 2.08. The van der Waals surface area contributed by atoms with Gasteiger partial charge in [-0.05, 0) is 12.1 Å². The number of nitrogens with zero attached hydrogens (tertiary/aromatic N) is 3. The van der Waals surface area contributed by atoms with E-state index in [-0.39, 0.29) is 0 Å². The number of para-hydroxylation sites is 1. The van der Waals surface area contributed by atoms with Crippen molar-refractivity contribution in [2.45, 2.75) is 6.54 Å². The largest absolute Gasteiger partial charge is 0.383 e. The quantitative estimate of drug-likeness (QED) is 0.727. The van der Waals surface area contributed by atoms with E-state index >= 15 is 0 Å². The van der Waals surface area contributed by atoms with Gasteiger partial charge in [0.05, 0.1) is 18.7 Å². The zero-order valence-electron chi connectivity index (χ0n) is 9.39. The van der Waals surface area contributed by atoms with E-state index in [0.717, 1.165) is 37.3 Å². The Balaban J connectivity index is 1.89. The van der Waals surface area contributed by atoms with Crippen molar-refractivity contribution in [3.63, 3.8) is 0 Å². The molecule has 16 heavy (non-hydrogen) atoms. The fraction of sp³-hybridized carbons (Fsp3) is 0.455. The monoisotopic (exact) mass is 220 g/mol. The topological polar surface area (TPSA) is 52.0 Å². The summed E-state index contributed by atoms with van der Waals surface area (Å²) in [6.45, 7) is 3.29. The summed E-state index contributed by atoms with van der Waals surface area (Å²) in [5.74, 6) is 0. The van der Waals surface area contributed by atoms with E-state index in [1.54, 1.807) is 7.11 Å². The van der Waals surface area contributed by atoms with Crippen LogP contribution in [0, 0.1) is 0 Å². The van der Waals surface area contributed by atoms with E-state index < -0.39 is 0 Å². The Morgan fingerprint density at radius 3 is 3.06 bits per heavy atom. The molecule has 1 N–H and O–H groups in total. The van der Waals surface area contributed by atoms with Crippen LogP contribution in [0.1, 0.15) is 0 Å². The lowest BCUT2D eigenvalue weighted by Gasteiger charge is -2.04. The summed E-state index contributed by atoms with van der Waals surface area (Å²) < 4.78 is 6.86. The average molecular weight is 220 g/mol. The van der Waals surface area contributed by atoms with E-state index in [2.05, 4.69) is 15.6 Å². The lowest BCUT2D eigenvalue weighted by atomic mass is 10.3. The molecule has 0 spiro atoms. The van der Waals surface area contributed by atoms with Crippen LogP contribution >= 0.6 is 0 Å². The number of fused-ring (bicyclic) bond motifs is 1. The number of hydrogen-bond acceptors (Lipinski definition) is 4. The molecule has 0 radical (unpaired) electrons. The molecule has 0 fully saturated rings. The SMILES string of the molecule is COCCNCCn1nnc2ccccc21. The zero-order valence-corrected chi connectivity index (χ0v) is 9.39. The number of hydrogen-bond donors (Lipinski definition) is 1. The van der Waals surface area contributed by atoms with Gasteiger partial charge in [0.25, 0.3) is 0 Å². The molecule has 5 heteroatoms. The lowest BCUT2D eigenvalue weighted by molar-refractivity contribution is 0.199. The van der Waals surface area contributed by atoms with Gasteiger partial charge in [0.1, 0.15) is 5.52 Å². The minimum atomic E-state index is 0.734. The Hall–Kier alpha value is -1.46. The van der Waals surface area contributed by atoms with Crippen LogP contribution in [-0.4, -0.2) is 41.8 Å². The molecule has 0 aliphatic carbocycles. The van der Waals surface area contributed by atoms with Gasteiger partial charge in [-0.25, -0.2) is 4.68 Å². The third-order valence-corrected chi connectivity index (χ3v) is 2.40. The van der Waals surface area contributed by atoms with E-state index in [0.29, 0.717) is 0 Å². The Morgan fingerprint density at radius 2 is 2.19 bits per heavy atom. The highest BCUT2D eigenvalue weighted by atomic mass is 16.5. The van der Waals surface area contributed by atoms with Gasteiger partial charge in [0.15, 0.2) is 0 Å². The Morgan fingerprint density at radius 1 is 1.31 bits per heavy atom. The smallest absolute Gasteiger partial charge is 0.113 e. The van der Waals surface area contributed by atoms with Gasteiger partial charge in [0.2, 0.25) is 0 Å². The van der Waals surface area contributed by atoms with Gasteiger partial charge in [-0.1, -0.05) is 17.3 Å². The molecule has 0 saturated heterocycles. The first kappa shape index (κ1) is 11.0. The van der Waals surface area contributed by atoms with Crippen molar-refractivity contribution in [2.24, 2.45) is 0 Å². The van der Waals surface area contributed by atoms with Crippen molar-refractivity contribution < 1.29 is 4.74 Å². The van der Waals surface area contributed by atoms with Crippen molar-refractivity contribution >= 4 is 11.0 Å². The van der Waals surface area contributed by atoms with Crippen molar-refractivity contribution in [3.05, 3.63) is 24.3 Å². The van der Waals surface area contributed by atoms with Crippen LogP contribution in [0.3, 0.4) is 0 Å². The van der Waals surface area contributed by atoms with Crippen LogP contribution in [0.4, 0.5) is 0 Å². The molecule has 0 aliphatic rings. The van der Waals surface area contributed by atoms with Crippen LogP contribution in [0.2, 0.25) is 0 Å². The Kier molecular flexibility index (Phi) is 3.85. The third-order valence-electron chi connectivity index (χ3n) is 2.40. The molecule has 0 unspecified atom stereocenters. The van der Waals surface area contributed by atoms with Gasteiger partial charge in [-0.15, -0.1) is 5.10 Å². The molecule has 2 rings (SSSR count). The van der Waals surface area contributed by atoms with E-state index in [4.69, 9.17) is 4.74 Å². The highest BCUT2D eigenvalue weighted by Gasteiger charge is 2.01. The summed E-state index contributed by atoms with van der Waals surface area (Å²) in [4.78, 5) is 0. The van der Waals surface area contributed by atoms with Crippen LogP contribution < -0.4 is 5.32 Å². The third kappa shape index (κ3) is 2.56. The normalized spacial score (nSPS) is 11.1. The maximum atomic E-state index is 4.95. The molecule has 5 nitrogen and oxygen atoms in total. The molecule has 1 aromatic carbocycles. The first-order valence-corrected chi connectivity index (χ1v) is 5.39. The van der Waals surface area contributed by atoms with Gasteiger partial charge < -0.3 is 10.1 Å². The summed E-state index contributed by atoms with van der Waals surface area (Å²) in [6, 6.07) is 7.97. The molecule has 0 bridgehead atoms. The summed E-state index contributed by atoms with van der Waals surface area (Å²) in [7, 11) is 1.70. The maximum absolute atomic E-state index is 4.95. The number of aromatic nitrogens is 3. The van der Waals surface area contributed by atoms with E-state index in [1.807, 2.05) is 28.9 Å². The fourth-order valence-electron chi connectivity index (χ4n) is 1.57. The van der Waals surface area contributed by atoms with Gasteiger partial charge in [-0.3, -0.25) is 0 Å². The predicted octanol–water partition coefficient (Wildman–Crippen LogP) is 0.667. The van der Waals surface area contributed by atoms with Crippen molar-refractivity contribution in [1.29, 1.82) is 0 Å². The van der Waals surface area contributed by atoms with E-state index in [9.17, 15) is 0 Å². The lowest BCUT2D eigenvalue weighted by Crippen LogP contribution is -2.24. The van der Waals surface area contributed by atoms with Gasteiger partial charge >= 0.3 is 0 Å². The second-order valence-corrected chi connectivity index (χ2v) is 3.54. The Bertz CT molecular complexity index is 440. The zero-order chi connectivity index (χ0) is 11.2. The molecule has 2 aromatic rings. The van der Waals surface area contributed by atoms with Crippen LogP contribution in [0.25, 0.3) is 11.0 Å². The van der Waals surface area contributed by atoms with Crippen LogP contribution in [0.5, 0.6) is 0 Å². The Labute approximate surface area is 94.4 Å². The molecule has 0 amide bonds. The number of benzene rings is 1. The number of methoxy groups -OCH3 is 1. The number of ether oxygens (including phenoxy) is 1. The molecule has 0 saturated carbocycles. The van der Waals surface area contributed by atoms with Crippen molar-refractivity contribution in [1.82, 2.24) is 20.3 Å². The van der Waals surface area contributed by atoms with E-state index in [1.165, 1.54) is 0 Å². The van der Waals surface area contributed by atoms with Gasteiger partial charge in [0, 0.05) is 20.2 Å². The minimum Gasteiger partial charge on any atom is -0.383 e. The van der Waals surface area contributed by atoms with Crippen molar-refractivity contribution in [3.8, 4) is 0 Å². The highest BCUT2D eigenvalue weighted by molar-refractivity contribution is 5.73. The standard InChI is InChI=1S/C11H16N4O/c1-16-9-7-12-6-8-15-11-5-3-2-4-10(11)13-14-15/h2-5,12H,6-9H2,1H3. The molecule has 0 atom stereocenters. The summed E-state index contributed by atoms with van der Waals surface area (Å²) >= 11 is 0. The second kappa shape index (κ2) is 5.58. The average Bonchev–Trinajstić information content (AvgIpc) is 2.73. The molecular formula is C11H16N4O. The first-order chi connectivity index (χ1) is 7.92. The van der Waals surface area contributed by atoms with Gasteiger partial charge in [-0.2, -0.15) is 0 Å². The number of nitrogens with one attached hydrogen (secondary N) is 1. The molecule has 86 valence electrons. The molecular weight excluding hydrogens is 204 g/mol.